The molecule has 1 aromatic heterocycles. The van der Waals surface area contributed by atoms with Gasteiger partial charge < -0.3 is 0 Å². The molecule has 0 fully saturated rings. The lowest BCUT2D eigenvalue weighted by atomic mass is 9.86. The van der Waals surface area contributed by atoms with Crippen LogP contribution >= 0.6 is 0 Å². The first kappa shape index (κ1) is 27.3. The number of nitrogens with zero attached hydrogens (tertiary/aromatic N) is 2. The van der Waals surface area contributed by atoms with Gasteiger partial charge in [-0.2, -0.15) is 0 Å². The summed E-state index contributed by atoms with van der Waals surface area (Å²) in [4.78, 5) is 4.70. The van der Waals surface area contributed by atoms with Crippen molar-refractivity contribution in [1.29, 1.82) is 0 Å². The molecule has 2 heterocycles. The monoisotopic (exact) mass is 613 g/mol. The molecule has 0 saturated carbocycles. The number of quaternary nitrogens is 1. The second kappa shape index (κ2) is 10.3. The second-order valence-electron chi connectivity index (χ2n) is 13.4. The van der Waals surface area contributed by atoms with Crippen molar-refractivity contribution in [2.24, 2.45) is 0 Å². The van der Waals surface area contributed by atoms with Crippen LogP contribution in [0, 0.1) is 0 Å². The highest BCUT2D eigenvalue weighted by molar-refractivity contribution is 6.27. The molecule has 10 rings (SSSR count). The van der Waals surface area contributed by atoms with E-state index in [2.05, 4.69) is 165 Å². The molecule has 0 spiro atoms. The van der Waals surface area contributed by atoms with E-state index < -0.39 is 0 Å². The van der Waals surface area contributed by atoms with Gasteiger partial charge in [0, 0.05) is 29.5 Å². The van der Waals surface area contributed by atoms with E-state index in [0.29, 0.717) is 12.0 Å². The number of para-hydroxylation sites is 1. The third-order valence-electron chi connectivity index (χ3n) is 11.0. The van der Waals surface area contributed by atoms with Crippen LogP contribution in [0.3, 0.4) is 0 Å². The van der Waals surface area contributed by atoms with Gasteiger partial charge in [-0.05, 0) is 91.0 Å². The molecule has 2 nitrogen and oxygen atoms in total. The lowest BCUT2D eigenvalue weighted by Gasteiger charge is -2.36. The Kier molecular flexibility index (Phi) is 5.88. The number of hydrogen-bond donors (Lipinski definition) is 0. The fourth-order valence-corrected chi connectivity index (χ4v) is 8.74. The van der Waals surface area contributed by atoms with E-state index >= 15 is 0 Å². The molecule has 2 aliphatic rings. The second-order valence-corrected chi connectivity index (χ2v) is 13.4. The fraction of sp³-hybridized carbons (Fsp3) is 0.0652. The number of allylic oxidation sites excluding steroid dienone is 2. The van der Waals surface area contributed by atoms with Crippen molar-refractivity contribution in [3.63, 3.8) is 0 Å². The first-order valence-electron chi connectivity index (χ1n) is 16.8. The van der Waals surface area contributed by atoms with E-state index in [1.807, 2.05) is 12.3 Å². The van der Waals surface area contributed by atoms with E-state index in [9.17, 15) is 0 Å². The van der Waals surface area contributed by atoms with Crippen LogP contribution in [0.25, 0.3) is 65.8 Å². The predicted molar refractivity (Wildman–Crippen MR) is 203 cm³/mol. The van der Waals surface area contributed by atoms with Crippen molar-refractivity contribution in [2.75, 3.05) is 7.05 Å². The zero-order chi connectivity index (χ0) is 31.8. The Morgan fingerprint density at radius 1 is 0.521 bits per heavy atom. The van der Waals surface area contributed by atoms with Crippen LogP contribution < -0.4 is 4.48 Å². The molecule has 3 unspecified atom stereocenters. The number of likely N-dealkylation sites (N-methyl/N-ethyl adjacent to an activating group) is 1. The van der Waals surface area contributed by atoms with Crippen molar-refractivity contribution in [3.8, 4) is 33.5 Å². The summed E-state index contributed by atoms with van der Waals surface area (Å²) in [6.07, 6.45) is 11.0. The molecular weight excluding hydrogens is 581 g/mol. The van der Waals surface area contributed by atoms with Gasteiger partial charge in [-0.25, -0.2) is 0 Å². The molecule has 0 N–H and O–H groups in total. The van der Waals surface area contributed by atoms with Crippen LogP contribution in [0.1, 0.15) is 11.5 Å². The van der Waals surface area contributed by atoms with Crippen molar-refractivity contribution in [3.05, 3.63) is 176 Å². The molecule has 0 amide bonds. The SMILES string of the molecule is C[N+]1(c2ccc(-c3ccc4ccc5c(-c6ccccc6-c6ccccn6)ccc6ccc3c4c65)cc2)c2ccccc2C2C=CC=CC21. The van der Waals surface area contributed by atoms with Crippen molar-refractivity contribution in [1.82, 2.24) is 9.47 Å². The Morgan fingerprint density at radius 2 is 1.17 bits per heavy atom. The lowest BCUT2D eigenvalue weighted by molar-refractivity contribution is 0.400. The Hall–Kier alpha value is -5.83. The average Bonchev–Trinajstić information content (AvgIpc) is 3.43. The number of rotatable bonds is 4. The van der Waals surface area contributed by atoms with Crippen LogP contribution in [-0.2, 0) is 0 Å². The van der Waals surface area contributed by atoms with E-state index in [1.54, 1.807) is 0 Å². The quantitative estimate of drug-likeness (QED) is 0.142. The molecule has 0 radical (unpaired) electrons. The topological polar surface area (TPSA) is 12.9 Å². The van der Waals surface area contributed by atoms with Crippen LogP contribution in [0.4, 0.5) is 11.4 Å². The van der Waals surface area contributed by atoms with Gasteiger partial charge in [-0.15, -0.1) is 0 Å². The van der Waals surface area contributed by atoms with Gasteiger partial charge in [0.25, 0.3) is 0 Å². The number of aromatic nitrogens is 1. The van der Waals surface area contributed by atoms with E-state index in [1.165, 1.54) is 71.5 Å². The Morgan fingerprint density at radius 3 is 1.94 bits per heavy atom. The van der Waals surface area contributed by atoms with Crippen LogP contribution in [-0.4, -0.2) is 18.1 Å². The molecule has 0 saturated heterocycles. The molecule has 1 aliphatic carbocycles. The van der Waals surface area contributed by atoms with Crippen LogP contribution in [0.2, 0.25) is 0 Å². The number of benzene rings is 7. The highest BCUT2D eigenvalue weighted by atomic mass is 15.4. The van der Waals surface area contributed by atoms with Gasteiger partial charge in [0.2, 0.25) is 0 Å². The predicted octanol–water partition coefficient (Wildman–Crippen LogP) is 11.8. The van der Waals surface area contributed by atoms with Gasteiger partial charge >= 0.3 is 0 Å². The van der Waals surface area contributed by atoms with Gasteiger partial charge in [0.15, 0.2) is 0 Å². The maximum Gasteiger partial charge on any atom is 0.142 e. The smallest absolute Gasteiger partial charge is 0.142 e. The van der Waals surface area contributed by atoms with Gasteiger partial charge in [0.1, 0.15) is 17.4 Å². The van der Waals surface area contributed by atoms with Gasteiger partial charge in [0.05, 0.1) is 18.7 Å². The summed E-state index contributed by atoms with van der Waals surface area (Å²) in [5.74, 6) is 0.397. The van der Waals surface area contributed by atoms with Crippen LogP contribution in [0.15, 0.2) is 170 Å². The molecule has 1 aliphatic heterocycles. The summed E-state index contributed by atoms with van der Waals surface area (Å²) in [6.45, 7) is 0. The largest absolute Gasteiger partial charge is 0.256 e. The molecule has 8 aromatic rings. The minimum Gasteiger partial charge on any atom is -0.256 e. The Labute approximate surface area is 280 Å². The normalized spacial score (nSPS) is 19.7. The minimum absolute atomic E-state index is 0.352. The first-order valence-corrected chi connectivity index (χ1v) is 16.8. The minimum atomic E-state index is 0.352. The Balaban J connectivity index is 1.12. The number of pyridine rings is 1. The van der Waals surface area contributed by atoms with Crippen molar-refractivity contribution < 1.29 is 0 Å². The highest BCUT2D eigenvalue weighted by Crippen LogP contribution is 2.52. The molecule has 48 heavy (non-hydrogen) atoms. The van der Waals surface area contributed by atoms with E-state index in [4.69, 9.17) is 4.98 Å². The fourth-order valence-electron chi connectivity index (χ4n) is 8.74. The summed E-state index contributed by atoms with van der Waals surface area (Å²) in [5.41, 5.74) is 11.2. The maximum atomic E-state index is 4.70. The third kappa shape index (κ3) is 3.81. The summed E-state index contributed by atoms with van der Waals surface area (Å²) in [5, 5.41) is 7.76. The lowest BCUT2D eigenvalue weighted by Crippen LogP contribution is -2.46. The van der Waals surface area contributed by atoms with E-state index in [0.717, 1.165) is 15.7 Å². The zero-order valence-electron chi connectivity index (χ0n) is 26.7. The molecule has 3 atom stereocenters. The number of hydrogen-bond acceptors (Lipinski definition) is 1. The van der Waals surface area contributed by atoms with Crippen LogP contribution in [0.5, 0.6) is 0 Å². The first-order chi connectivity index (χ1) is 23.7. The number of fused-ring (bicyclic) bond motifs is 3. The zero-order valence-corrected chi connectivity index (χ0v) is 26.7. The van der Waals surface area contributed by atoms with Crippen molar-refractivity contribution in [2.45, 2.75) is 12.0 Å². The van der Waals surface area contributed by atoms with Gasteiger partial charge in [-0.1, -0.05) is 115 Å². The van der Waals surface area contributed by atoms with E-state index in [-0.39, 0.29) is 0 Å². The summed E-state index contributed by atoms with van der Waals surface area (Å²) in [6, 6.07) is 51.9. The maximum absolute atomic E-state index is 4.70. The summed E-state index contributed by atoms with van der Waals surface area (Å²) >= 11 is 0. The molecule has 2 heteroatoms. The molecular formula is C46H33N2+. The highest BCUT2D eigenvalue weighted by Gasteiger charge is 2.49. The molecule has 0 bridgehead atoms. The van der Waals surface area contributed by atoms with Gasteiger partial charge in [-0.3, -0.25) is 9.47 Å². The third-order valence-corrected chi connectivity index (χ3v) is 11.0. The standard InChI is InChI=1S/C46H33N2/c1-48(43-15-6-4-12-38(43)39-13-5-7-16-44(39)48)33-23-17-30(18-24-33)34-25-19-31-22-28-41-36(26-20-32-21-27-40(34)45(31)46(32)41)35-10-2-3-11-37(35)42-14-8-9-29-47-42/h2-29,38,43H,1H3/q+1. The van der Waals surface area contributed by atoms with Crippen molar-refractivity contribution >= 4 is 43.7 Å². The molecule has 226 valence electrons. The molecule has 7 aromatic carbocycles. The summed E-state index contributed by atoms with van der Waals surface area (Å²) < 4.78 is 0.781. The summed E-state index contributed by atoms with van der Waals surface area (Å²) in [7, 11) is 2.38. The Bertz CT molecular complexity index is 2580. The average molecular weight is 614 g/mol.